The van der Waals surface area contributed by atoms with Gasteiger partial charge in [-0.1, -0.05) is 61.5 Å². The molecule has 0 amide bonds. The van der Waals surface area contributed by atoms with Crippen LogP contribution in [0.1, 0.15) is 35.6 Å². The van der Waals surface area contributed by atoms with E-state index in [9.17, 15) is 0 Å². The Bertz CT molecular complexity index is 921. The summed E-state index contributed by atoms with van der Waals surface area (Å²) in [6.07, 6.45) is 3.45. The van der Waals surface area contributed by atoms with Gasteiger partial charge in [0.1, 0.15) is 0 Å². The molecular weight excluding hydrogens is 264 g/mol. The Morgan fingerprint density at radius 1 is 0.818 bits per heavy atom. The highest BCUT2D eigenvalue weighted by Gasteiger charge is 2.19. The van der Waals surface area contributed by atoms with Gasteiger partial charge in [-0.15, -0.1) is 0 Å². The monoisotopic (exact) mass is 284 g/mol. The Labute approximate surface area is 132 Å². The van der Waals surface area contributed by atoms with Crippen LogP contribution in [0.2, 0.25) is 0 Å². The second-order valence-electron chi connectivity index (χ2n) is 6.20. The number of benzene rings is 3. The zero-order chi connectivity index (χ0) is 15.3. The number of hydrogen-bond donors (Lipinski definition) is 0. The molecule has 0 N–H and O–H groups in total. The molecule has 0 spiro atoms. The zero-order valence-corrected chi connectivity index (χ0v) is 13.4. The van der Waals surface area contributed by atoms with Crippen molar-refractivity contribution in [3.63, 3.8) is 0 Å². The van der Waals surface area contributed by atoms with Crippen molar-refractivity contribution in [2.24, 2.45) is 0 Å². The van der Waals surface area contributed by atoms with E-state index in [0.717, 1.165) is 6.42 Å². The minimum Gasteiger partial charge on any atom is -0.0613 e. The number of rotatable bonds is 1. The van der Waals surface area contributed by atoms with Crippen molar-refractivity contribution in [2.75, 3.05) is 0 Å². The molecule has 0 heterocycles. The van der Waals surface area contributed by atoms with Crippen molar-refractivity contribution in [3.8, 4) is 11.1 Å². The molecule has 0 atom stereocenters. The lowest BCUT2D eigenvalue weighted by Gasteiger charge is -2.16. The molecule has 3 aromatic carbocycles. The summed E-state index contributed by atoms with van der Waals surface area (Å²) in [5.41, 5.74) is 9.76. The maximum absolute atomic E-state index is 2.39. The molecule has 0 radical (unpaired) electrons. The number of fused-ring (bicyclic) bond motifs is 2. The van der Waals surface area contributed by atoms with E-state index in [1.807, 2.05) is 0 Å². The van der Waals surface area contributed by atoms with E-state index >= 15 is 0 Å². The first-order chi connectivity index (χ1) is 10.7. The molecule has 0 aromatic heterocycles. The predicted octanol–water partition coefficient (Wildman–Crippen LogP) is 6.39. The zero-order valence-electron chi connectivity index (χ0n) is 13.4. The molecule has 1 aliphatic rings. The summed E-state index contributed by atoms with van der Waals surface area (Å²) in [6.45, 7) is 6.73. The quantitative estimate of drug-likeness (QED) is 0.486. The molecule has 4 rings (SSSR count). The lowest BCUT2D eigenvalue weighted by atomic mass is 9.88. The Balaban J connectivity index is 2.23. The van der Waals surface area contributed by atoms with Crippen LogP contribution in [-0.4, -0.2) is 0 Å². The Kier molecular flexibility index (Phi) is 2.94. The molecule has 0 saturated carbocycles. The van der Waals surface area contributed by atoms with E-state index in [4.69, 9.17) is 0 Å². The summed E-state index contributed by atoms with van der Waals surface area (Å²) in [5, 5.41) is 2.71. The van der Waals surface area contributed by atoms with E-state index in [0.29, 0.717) is 0 Å². The Hall–Kier alpha value is -2.34. The van der Waals surface area contributed by atoms with Crippen molar-refractivity contribution >= 4 is 22.4 Å². The summed E-state index contributed by atoms with van der Waals surface area (Å²) in [4.78, 5) is 0. The Morgan fingerprint density at radius 3 is 2.36 bits per heavy atom. The van der Waals surface area contributed by atoms with Crippen LogP contribution in [-0.2, 0) is 0 Å². The van der Waals surface area contributed by atoms with Crippen molar-refractivity contribution in [2.45, 2.75) is 27.2 Å². The van der Waals surface area contributed by atoms with Crippen LogP contribution in [0.5, 0.6) is 0 Å². The van der Waals surface area contributed by atoms with Crippen molar-refractivity contribution < 1.29 is 0 Å². The third-order valence-corrected chi connectivity index (χ3v) is 4.99. The molecule has 0 saturated heterocycles. The lowest BCUT2D eigenvalue weighted by molar-refractivity contribution is 1.22. The van der Waals surface area contributed by atoms with Crippen LogP contribution in [0.4, 0.5) is 0 Å². The summed E-state index contributed by atoms with van der Waals surface area (Å²) in [7, 11) is 0. The fourth-order valence-electron chi connectivity index (χ4n) is 3.71. The Morgan fingerprint density at radius 2 is 1.59 bits per heavy atom. The van der Waals surface area contributed by atoms with Gasteiger partial charge in [-0.3, -0.25) is 0 Å². The van der Waals surface area contributed by atoms with Gasteiger partial charge in [-0.25, -0.2) is 0 Å². The molecule has 0 bridgehead atoms. The SMILES string of the molecule is CCC1=Cc2cccc3cccc(c23)-c2ccc(C)c(C)c21. The molecule has 3 aromatic rings. The van der Waals surface area contributed by atoms with Crippen LogP contribution in [0.3, 0.4) is 0 Å². The third kappa shape index (κ3) is 1.77. The second kappa shape index (κ2) is 4.84. The van der Waals surface area contributed by atoms with Gasteiger partial charge < -0.3 is 0 Å². The minimum atomic E-state index is 1.06. The standard InChI is InChI=1S/C22H20/c1-4-16-13-18-9-5-7-17-8-6-10-19(22(17)18)20-12-11-14(2)15(3)21(16)20/h5-13H,4H2,1-3H3. The minimum absolute atomic E-state index is 1.06. The van der Waals surface area contributed by atoms with Gasteiger partial charge in [0.15, 0.2) is 0 Å². The van der Waals surface area contributed by atoms with Gasteiger partial charge in [0.25, 0.3) is 0 Å². The maximum atomic E-state index is 2.39. The first-order valence-electron chi connectivity index (χ1n) is 8.04. The van der Waals surface area contributed by atoms with Crippen LogP contribution in [0, 0.1) is 13.8 Å². The highest BCUT2D eigenvalue weighted by molar-refractivity contribution is 6.09. The van der Waals surface area contributed by atoms with Crippen LogP contribution < -0.4 is 0 Å². The van der Waals surface area contributed by atoms with Crippen molar-refractivity contribution in [1.29, 1.82) is 0 Å². The van der Waals surface area contributed by atoms with E-state index in [1.165, 1.54) is 49.7 Å². The van der Waals surface area contributed by atoms with Crippen molar-refractivity contribution in [3.05, 3.63) is 70.8 Å². The van der Waals surface area contributed by atoms with Crippen LogP contribution in [0.25, 0.3) is 33.5 Å². The smallest absolute Gasteiger partial charge is 0.00325 e. The van der Waals surface area contributed by atoms with Gasteiger partial charge in [0.2, 0.25) is 0 Å². The maximum Gasteiger partial charge on any atom is -0.00325 e. The molecule has 0 heteroatoms. The lowest BCUT2D eigenvalue weighted by Crippen LogP contribution is -1.95. The summed E-state index contributed by atoms with van der Waals surface area (Å²) >= 11 is 0. The molecule has 0 aliphatic heterocycles. The normalized spacial score (nSPS) is 12.8. The van der Waals surface area contributed by atoms with Crippen LogP contribution >= 0.6 is 0 Å². The highest BCUT2D eigenvalue weighted by Crippen LogP contribution is 2.42. The molecule has 0 unspecified atom stereocenters. The van der Waals surface area contributed by atoms with Gasteiger partial charge >= 0.3 is 0 Å². The fourth-order valence-corrected chi connectivity index (χ4v) is 3.71. The predicted molar refractivity (Wildman–Crippen MR) is 97.0 cm³/mol. The molecule has 0 nitrogen and oxygen atoms in total. The molecule has 108 valence electrons. The highest BCUT2D eigenvalue weighted by atomic mass is 14.2. The van der Waals surface area contributed by atoms with E-state index in [-0.39, 0.29) is 0 Å². The average molecular weight is 284 g/mol. The number of aryl methyl sites for hydroxylation is 1. The topological polar surface area (TPSA) is 0 Å². The molecule has 0 fully saturated rings. The molecule has 1 aliphatic carbocycles. The van der Waals surface area contributed by atoms with E-state index in [1.54, 1.807) is 0 Å². The fraction of sp³-hybridized carbons (Fsp3) is 0.182. The second-order valence-corrected chi connectivity index (χ2v) is 6.20. The number of allylic oxidation sites excluding steroid dienone is 1. The molecular formula is C22H20. The largest absolute Gasteiger partial charge is 0.0613 e. The first-order valence-corrected chi connectivity index (χ1v) is 8.04. The van der Waals surface area contributed by atoms with E-state index in [2.05, 4.69) is 75.4 Å². The summed E-state index contributed by atoms with van der Waals surface area (Å²) < 4.78 is 0. The third-order valence-electron chi connectivity index (χ3n) is 4.99. The average Bonchev–Trinajstić information content (AvgIpc) is 2.68. The van der Waals surface area contributed by atoms with Gasteiger partial charge in [0.05, 0.1) is 0 Å². The first kappa shape index (κ1) is 13.3. The number of hydrogen-bond acceptors (Lipinski definition) is 0. The van der Waals surface area contributed by atoms with Crippen molar-refractivity contribution in [1.82, 2.24) is 0 Å². The van der Waals surface area contributed by atoms with Gasteiger partial charge in [0, 0.05) is 0 Å². The van der Waals surface area contributed by atoms with Gasteiger partial charge in [-0.2, -0.15) is 0 Å². The summed E-state index contributed by atoms with van der Waals surface area (Å²) in [6, 6.07) is 17.9. The van der Waals surface area contributed by atoms with Crippen LogP contribution in [0.15, 0.2) is 48.5 Å². The summed E-state index contributed by atoms with van der Waals surface area (Å²) in [5.74, 6) is 0. The molecule has 22 heavy (non-hydrogen) atoms. The van der Waals surface area contributed by atoms with E-state index < -0.39 is 0 Å². The van der Waals surface area contributed by atoms with Gasteiger partial charge in [-0.05, 0) is 70.0 Å².